The normalized spacial score (nSPS) is 15.1. The Kier molecular flexibility index (Phi) is 8.38. The molecule has 1 aromatic carbocycles. The van der Waals surface area contributed by atoms with Gasteiger partial charge in [-0.15, -0.1) is 0 Å². The van der Waals surface area contributed by atoms with Crippen LogP contribution in [0.25, 0.3) is 0 Å². The third-order valence-corrected chi connectivity index (χ3v) is 4.93. The van der Waals surface area contributed by atoms with Gasteiger partial charge < -0.3 is 26.2 Å². The van der Waals surface area contributed by atoms with Crippen LogP contribution >= 0.6 is 11.6 Å². The molecule has 1 unspecified atom stereocenters. The van der Waals surface area contributed by atoms with Crippen molar-refractivity contribution in [2.75, 3.05) is 37.6 Å². The molecule has 0 bridgehead atoms. The van der Waals surface area contributed by atoms with E-state index in [1.165, 1.54) is 0 Å². The van der Waals surface area contributed by atoms with Crippen LogP contribution in [0.5, 0.6) is 0 Å². The van der Waals surface area contributed by atoms with Crippen LogP contribution in [0.2, 0.25) is 5.02 Å². The van der Waals surface area contributed by atoms with E-state index in [4.69, 9.17) is 17.3 Å². The lowest BCUT2D eigenvalue weighted by Gasteiger charge is -2.36. The Morgan fingerprint density at radius 1 is 1.21 bits per heavy atom. The summed E-state index contributed by atoms with van der Waals surface area (Å²) in [5, 5.41) is 5.73. The maximum Gasteiger partial charge on any atom is 0.312 e. The first-order chi connectivity index (χ1) is 13.4. The van der Waals surface area contributed by atoms with Gasteiger partial charge in [0.05, 0.1) is 6.54 Å². The van der Waals surface area contributed by atoms with Crippen LogP contribution in [0.4, 0.5) is 10.5 Å². The minimum atomic E-state index is -0.750. The molecule has 4 amide bonds. The number of hydrogen-bond acceptors (Lipinski definition) is 4. The minimum absolute atomic E-state index is 0.0981. The highest BCUT2D eigenvalue weighted by molar-refractivity contribution is 6.30. The summed E-state index contributed by atoms with van der Waals surface area (Å²) < 4.78 is 0. The number of carbonyl (C=O) groups excluding carboxylic acids is 3. The maximum atomic E-state index is 12.4. The van der Waals surface area contributed by atoms with Crippen molar-refractivity contribution in [1.29, 1.82) is 0 Å². The fourth-order valence-corrected chi connectivity index (χ4v) is 3.32. The van der Waals surface area contributed by atoms with Crippen LogP contribution in [0.15, 0.2) is 24.3 Å². The third-order valence-electron chi connectivity index (χ3n) is 4.70. The molecule has 1 aromatic rings. The molecule has 0 radical (unpaired) electrons. The molecule has 28 heavy (non-hydrogen) atoms. The molecule has 0 aliphatic carbocycles. The summed E-state index contributed by atoms with van der Waals surface area (Å²) in [6.45, 7) is 4.43. The van der Waals surface area contributed by atoms with E-state index in [1.807, 2.05) is 31.2 Å². The SMILES string of the molecule is CCCCC(NC(N)=O)C(=O)NCC(=O)N1CCN(c2cccc(Cl)c2)CC1. The minimum Gasteiger partial charge on any atom is -0.368 e. The van der Waals surface area contributed by atoms with E-state index in [2.05, 4.69) is 15.5 Å². The lowest BCUT2D eigenvalue weighted by Crippen LogP contribution is -2.53. The number of rotatable bonds is 8. The number of anilines is 1. The Morgan fingerprint density at radius 3 is 2.54 bits per heavy atom. The van der Waals surface area contributed by atoms with Crippen molar-refractivity contribution < 1.29 is 14.4 Å². The van der Waals surface area contributed by atoms with E-state index in [0.717, 1.165) is 18.5 Å². The van der Waals surface area contributed by atoms with Gasteiger partial charge in [-0.1, -0.05) is 37.4 Å². The van der Waals surface area contributed by atoms with Gasteiger partial charge in [0.2, 0.25) is 11.8 Å². The number of carbonyl (C=O) groups is 3. The van der Waals surface area contributed by atoms with Crippen molar-refractivity contribution in [3.63, 3.8) is 0 Å². The number of hydrogen-bond donors (Lipinski definition) is 3. The molecule has 2 rings (SSSR count). The zero-order valence-corrected chi connectivity index (χ0v) is 16.9. The molecule has 9 heteroatoms. The number of urea groups is 1. The molecule has 1 fully saturated rings. The molecule has 1 heterocycles. The van der Waals surface area contributed by atoms with Gasteiger partial charge in [-0.05, 0) is 24.6 Å². The molecule has 0 saturated carbocycles. The number of amides is 4. The van der Waals surface area contributed by atoms with Gasteiger partial charge in [0.1, 0.15) is 6.04 Å². The number of primary amides is 1. The van der Waals surface area contributed by atoms with Crippen LogP contribution < -0.4 is 21.3 Å². The molecule has 1 aliphatic heterocycles. The first-order valence-electron chi connectivity index (χ1n) is 9.52. The summed E-state index contributed by atoms with van der Waals surface area (Å²) in [6, 6.07) is 6.16. The van der Waals surface area contributed by atoms with Crippen LogP contribution in [0, 0.1) is 0 Å². The highest BCUT2D eigenvalue weighted by Gasteiger charge is 2.24. The molecule has 4 N–H and O–H groups in total. The fraction of sp³-hybridized carbons (Fsp3) is 0.526. The number of halogens is 1. The second-order valence-corrected chi connectivity index (χ2v) is 7.21. The van der Waals surface area contributed by atoms with Crippen molar-refractivity contribution in [2.24, 2.45) is 5.73 Å². The van der Waals surface area contributed by atoms with Gasteiger partial charge in [0.25, 0.3) is 0 Å². The molecule has 0 spiro atoms. The average molecular weight is 410 g/mol. The van der Waals surface area contributed by atoms with Crippen molar-refractivity contribution >= 4 is 35.1 Å². The summed E-state index contributed by atoms with van der Waals surface area (Å²) >= 11 is 6.04. The molecule has 1 atom stereocenters. The van der Waals surface area contributed by atoms with Gasteiger partial charge in [0, 0.05) is 36.9 Å². The highest BCUT2D eigenvalue weighted by Crippen LogP contribution is 2.20. The predicted octanol–water partition coefficient (Wildman–Crippen LogP) is 1.33. The first-order valence-corrected chi connectivity index (χ1v) is 9.90. The van der Waals surface area contributed by atoms with Gasteiger partial charge >= 0.3 is 6.03 Å². The molecule has 1 aliphatic rings. The third kappa shape index (κ3) is 6.60. The number of nitrogens with two attached hydrogens (primary N) is 1. The average Bonchev–Trinajstić information content (AvgIpc) is 2.69. The van der Waals surface area contributed by atoms with Crippen molar-refractivity contribution in [2.45, 2.75) is 32.2 Å². The van der Waals surface area contributed by atoms with Gasteiger partial charge in [-0.25, -0.2) is 4.79 Å². The maximum absolute atomic E-state index is 12.4. The number of benzene rings is 1. The Labute approximate surface area is 170 Å². The van der Waals surface area contributed by atoms with E-state index < -0.39 is 18.0 Å². The van der Waals surface area contributed by atoms with E-state index >= 15 is 0 Å². The number of nitrogens with one attached hydrogen (secondary N) is 2. The van der Waals surface area contributed by atoms with Gasteiger partial charge in [-0.2, -0.15) is 0 Å². The topological polar surface area (TPSA) is 108 Å². The van der Waals surface area contributed by atoms with Crippen LogP contribution in [0.1, 0.15) is 26.2 Å². The molecular weight excluding hydrogens is 382 g/mol. The summed E-state index contributed by atoms with van der Waals surface area (Å²) in [5.41, 5.74) is 6.16. The molecule has 154 valence electrons. The van der Waals surface area contributed by atoms with Crippen LogP contribution in [-0.4, -0.2) is 61.5 Å². The Bertz CT molecular complexity index is 692. The van der Waals surface area contributed by atoms with Crippen molar-refractivity contribution in [1.82, 2.24) is 15.5 Å². The summed E-state index contributed by atoms with van der Waals surface area (Å²) in [7, 11) is 0. The zero-order valence-electron chi connectivity index (χ0n) is 16.1. The van der Waals surface area contributed by atoms with E-state index in [-0.39, 0.29) is 12.5 Å². The molecule has 1 saturated heterocycles. The van der Waals surface area contributed by atoms with Crippen LogP contribution in [-0.2, 0) is 9.59 Å². The largest absolute Gasteiger partial charge is 0.368 e. The first kappa shape index (κ1) is 21.8. The fourth-order valence-electron chi connectivity index (χ4n) is 3.13. The lowest BCUT2D eigenvalue weighted by atomic mass is 10.1. The van der Waals surface area contributed by atoms with Gasteiger partial charge in [0.15, 0.2) is 0 Å². The monoisotopic (exact) mass is 409 g/mol. The molecule has 0 aromatic heterocycles. The number of piperazine rings is 1. The molecule has 8 nitrogen and oxygen atoms in total. The Hall–Kier alpha value is -2.48. The second kappa shape index (κ2) is 10.8. The molecular formula is C19H28ClN5O3. The van der Waals surface area contributed by atoms with Crippen LogP contribution in [0.3, 0.4) is 0 Å². The van der Waals surface area contributed by atoms with E-state index in [1.54, 1.807) is 4.90 Å². The smallest absolute Gasteiger partial charge is 0.312 e. The zero-order chi connectivity index (χ0) is 20.5. The van der Waals surface area contributed by atoms with Crippen molar-refractivity contribution in [3.8, 4) is 0 Å². The van der Waals surface area contributed by atoms with Gasteiger partial charge in [-0.3, -0.25) is 9.59 Å². The Balaban J connectivity index is 1.80. The van der Waals surface area contributed by atoms with E-state index in [9.17, 15) is 14.4 Å². The predicted molar refractivity (Wildman–Crippen MR) is 109 cm³/mol. The second-order valence-electron chi connectivity index (χ2n) is 6.77. The van der Waals surface area contributed by atoms with Crippen molar-refractivity contribution in [3.05, 3.63) is 29.3 Å². The van der Waals surface area contributed by atoms with E-state index in [0.29, 0.717) is 37.6 Å². The summed E-state index contributed by atoms with van der Waals surface area (Å²) in [5.74, 6) is -0.537. The quantitative estimate of drug-likeness (QED) is 0.601. The number of unbranched alkanes of at least 4 members (excludes halogenated alkanes) is 1. The summed E-state index contributed by atoms with van der Waals surface area (Å²) in [6.07, 6.45) is 2.15. The number of nitrogens with zero attached hydrogens (tertiary/aromatic N) is 2. The lowest BCUT2D eigenvalue weighted by molar-refractivity contribution is -0.133. The Morgan fingerprint density at radius 2 is 1.93 bits per heavy atom. The summed E-state index contributed by atoms with van der Waals surface area (Å²) in [4.78, 5) is 39.7. The highest BCUT2D eigenvalue weighted by atomic mass is 35.5. The standard InChI is InChI=1S/C19H28ClN5O3/c1-2-3-7-16(23-19(21)28)18(27)22-13-17(26)25-10-8-24(9-11-25)15-6-4-5-14(20)12-15/h4-6,12,16H,2-3,7-11,13H2,1H3,(H,22,27)(H3,21,23,28).